The fourth-order valence-electron chi connectivity index (χ4n) is 4.56. The van der Waals surface area contributed by atoms with Crippen LogP contribution in [0.15, 0.2) is 83.8 Å². The van der Waals surface area contributed by atoms with Gasteiger partial charge in [0.05, 0.1) is 17.6 Å². The average Bonchev–Trinajstić information content (AvgIpc) is 2.85. The third kappa shape index (κ3) is 4.72. The van der Waals surface area contributed by atoms with Gasteiger partial charge in [0.2, 0.25) is 5.91 Å². The molecule has 3 aromatic rings. The van der Waals surface area contributed by atoms with Gasteiger partial charge in [-0.1, -0.05) is 73.7 Å². The van der Waals surface area contributed by atoms with Gasteiger partial charge in [-0.05, 0) is 30.2 Å². The number of fused-ring (bicyclic) bond motifs is 1. The number of carbonyl (C=O) groups excluding carboxylic acids is 1. The van der Waals surface area contributed by atoms with E-state index in [1.807, 2.05) is 12.1 Å². The van der Waals surface area contributed by atoms with Crippen molar-refractivity contribution in [1.82, 2.24) is 0 Å². The first kappa shape index (κ1) is 27.1. The molecule has 3 aromatic carbocycles. The standard InChI is InChI=1S/C27H23F6NO2S/c1-16(18-9-5-3-6-10-18)24(35)34-21-14-13-20(25(36,26(28,29)30)27(31,32)33)15-22(21)37-17(2)23(34)19-11-7-4-8-12-19/h3-17,23,36H,1-2H3/t16?,17-,23-/m0/s1. The van der Waals surface area contributed by atoms with Crippen LogP contribution in [0.3, 0.4) is 0 Å². The summed E-state index contributed by atoms with van der Waals surface area (Å²) in [6.45, 7) is 3.46. The molecule has 0 fully saturated rings. The molecular formula is C27H23F6NO2S. The van der Waals surface area contributed by atoms with Crippen LogP contribution >= 0.6 is 11.8 Å². The van der Waals surface area contributed by atoms with Crippen LogP contribution in [-0.4, -0.2) is 28.6 Å². The van der Waals surface area contributed by atoms with Gasteiger partial charge in [-0.25, -0.2) is 0 Å². The van der Waals surface area contributed by atoms with Crippen molar-refractivity contribution in [2.24, 2.45) is 0 Å². The van der Waals surface area contributed by atoms with Gasteiger partial charge in [-0.15, -0.1) is 11.8 Å². The molecule has 0 spiro atoms. The van der Waals surface area contributed by atoms with Crippen molar-refractivity contribution in [2.75, 3.05) is 4.90 Å². The summed E-state index contributed by atoms with van der Waals surface area (Å²) in [6.07, 6.45) is -12.0. The Kier molecular flexibility index (Phi) is 7.11. The minimum absolute atomic E-state index is 0.0396. The Morgan fingerprint density at radius 1 is 0.892 bits per heavy atom. The highest BCUT2D eigenvalue weighted by atomic mass is 32.2. The molecule has 0 aliphatic carbocycles. The second-order valence-corrected chi connectivity index (χ2v) is 10.3. The van der Waals surface area contributed by atoms with Crippen LogP contribution in [0.25, 0.3) is 0 Å². The van der Waals surface area contributed by atoms with Gasteiger partial charge in [0.15, 0.2) is 0 Å². The summed E-state index contributed by atoms with van der Waals surface area (Å²) < 4.78 is 81.2. The largest absolute Gasteiger partial charge is 0.430 e. The van der Waals surface area contributed by atoms with Crippen LogP contribution in [0.5, 0.6) is 0 Å². The molecule has 0 bridgehead atoms. The Balaban J connectivity index is 1.88. The molecule has 10 heteroatoms. The molecular weight excluding hydrogens is 516 g/mol. The average molecular weight is 540 g/mol. The number of carbonyl (C=O) groups is 1. The van der Waals surface area contributed by atoms with Gasteiger partial charge in [0.1, 0.15) is 0 Å². The number of hydrogen-bond acceptors (Lipinski definition) is 3. The Morgan fingerprint density at radius 2 is 1.43 bits per heavy atom. The minimum atomic E-state index is -6.01. The summed E-state index contributed by atoms with van der Waals surface area (Å²) in [5.41, 5.74) is -4.74. The van der Waals surface area contributed by atoms with Crippen LogP contribution in [0.1, 0.15) is 42.5 Å². The summed E-state index contributed by atoms with van der Waals surface area (Å²) in [6, 6.07) is 19.7. The molecule has 0 saturated heterocycles. The van der Waals surface area contributed by atoms with Gasteiger partial charge in [-0.3, -0.25) is 4.79 Å². The van der Waals surface area contributed by atoms with E-state index in [2.05, 4.69) is 0 Å². The van der Waals surface area contributed by atoms with E-state index in [9.17, 15) is 36.2 Å². The maximum atomic E-state index is 13.9. The Bertz CT molecular complexity index is 1250. The van der Waals surface area contributed by atoms with Crippen LogP contribution in [0, 0.1) is 0 Å². The van der Waals surface area contributed by atoms with Crippen LogP contribution in [0.2, 0.25) is 0 Å². The molecule has 37 heavy (non-hydrogen) atoms. The van der Waals surface area contributed by atoms with Crippen molar-refractivity contribution < 1.29 is 36.2 Å². The number of aliphatic hydroxyl groups is 1. The predicted octanol–water partition coefficient (Wildman–Crippen LogP) is 7.37. The lowest BCUT2D eigenvalue weighted by Crippen LogP contribution is -2.54. The third-order valence-corrected chi connectivity index (χ3v) is 7.75. The first-order chi connectivity index (χ1) is 17.3. The third-order valence-electron chi connectivity index (χ3n) is 6.54. The maximum absolute atomic E-state index is 13.9. The van der Waals surface area contributed by atoms with Gasteiger partial charge >= 0.3 is 12.4 Å². The van der Waals surface area contributed by atoms with E-state index < -0.39 is 40.7 Å². The molecule has 1 N–H and O–H groups in total. The van der Waals surface area contributed by atoms with E-state index in [0.29, 0.717) is 17.7 Å². The van der Waals surface area contributed by atoms with E-state index in [4.69, 9.17) is 0 Å². The molecule has 1 amide bonds. The number of rotatable bonds is 4. The Labute approximate surface area is 214 Å². The second-order valence-electron chi connectivity index (χ2n) is 8.91. The lowest BCUT2D eigenvalue weighted by atomic mass is 9.91. The maximum Gasteiger partial charge on any atom is 0.430 e. The number of alkyl halides is 6. The summed E-state index contributed by atoms with van der Waals surface area (Å²) in [7, 11) is 0. The molecule has 0 saturated carbocycles. The summed E-state index contributed by atoms with van der Waals surface area (Å²) in [5, 5.41) is 9.50. The molecule has 1 unspecified atom stereocenters. The second kappa shape index (κ2) is 9.72. The van der Waals surface area contributed by atoms with E-state index in [1.165, 1.54) is 4.90 Å². The first-order valence-corrected chi connectivity index (χ1v) is 12.2. The number of nitrogens with zero attached hydrogens (tertiary/aromatic N) is 1. The monoisotopic (exact) mass is 539 g/mol. The van der Waals surface area contributed by atoms with Gasteiger partial charge in [0.25, 0.3) is 5.60 Å². The lowest BCUT2D eigenvalue weighted by molar-refractivity contribution is -0.376. The van der Waals surface area contributed by atoms with E-state index in [-0.39, 0.29) is 16.5 Å². The fraction of sp³-hybridized carbons (Fsp3) is 0.296. The van der Waals surface area contributed by atoms with Crippen molar-refractivity contribution in [3.05, 3.63) is 95.6 Å². The van der Waals surface area contributed by atoms with Crippen molar-refractivity contribution in [1.29, 1.82) is 0 Å². The van der Waals surface area contributed by atoms with Crippen LogP contribution in [0.4, 0.5) is 32.0 Å². The number of halogens is 6. The zero-order valence-corrected chi connectivity index (χ0v) is 20.5. The zero-order chi connectivity index (χ0) is 27.2. The molecule has 0 radical (unpaired) electrons. The molecule has 3 atom stereocenters. The quantitative estimate of drug-likeness (QED) is 0.352. The van der Waals surface area contributed by atoms with Crippen molar-refractivity contribution in [2.45, 2.75) is 53.9 Å². The molecule has 3 nitrogen and oxygen atoms in total. The SMILES string of the molecule is CC(C(=O)N1c2ccc(C(O)(C(F)(F)F)C(F)(F)F)cc2S[C@@H](C)[C@H]1c1ccccc1)c1ccccc1. The van der Waals surface area contributed by atoms with Crippen LogP contribution < -0.4 is 4.90 Å². The topological polar surface area (TPSA) is 40.5 Å². The molecule has 1 aliphatic heterocycles. The zero-order valence-electron chi connectivity index (χ0n) is 19.7. The van der Waals surface area contributed by atoms with E-state index in [1.54, 1.807) is 62.4 Å². The molecule has 1 aliphatic rings. The van der Waals surface area contributed by atoms with Crippen LogP contribution in [-0.2, 0) is 10.4 Å². The summed E-state index contributed by atoms with van der Waals surface area (Å²) in [4.78, 5) is 15.4. The van der Waals surface area contributed by atoms with E-state index >= 15 is 0 Å². The summed E-state index contributed by atoms with van der Waals surface area (Å²) >= 11 is 1.06. The highest BCUT2D eigenvalue weighted by Gasteiger charge is 2.71. The van der Waals surface area contributed by atoms with Gasteiger partial charge in [0, 0.05) is 15.7 Å². The molecule has 4 rings (SSSR count). The number of hydrogen-bond donors (Lipinski definition) is 1. The highest BCUT2D eigenvalue weighted by Crippen LogP contribution is 2.54. The number of benzene rings is 3. The number of thioether (sulfide) groups is 1. The minimum Gasteiger partial charge on any atom is -0.369 e. The number of amides is 1. The fourth-order valence-corrected chi connectivity index (χ4v) is 5.85. The van der Waals surface area contributed by atoms with Crippen molar-refractivity contribution >= 4 is 23.4 Å². The smallest absolute Gasteiger partial charge is 0.369 e. The Hall–Kier alpha value is -2.98. The van der Waals surface area contributed by atoms with Gasteiger partial charge < -0.3 is 10.0 Å². The summed E-state index contributed by atoms with van der Waals surface area (Å²) in [5.74, 6) is -0.999. The predicted molar refractivity (Wildman–Crippen MR) is 129 cm³/mol. The molecule has 0 aromatic heterocycles. The highest BCUT2D eigenvalue weighted by molar-refractivity contribution is 8.00. The Morgan fingerprint density at radius 3 is 1.97 bits per heavy atom. The van der Waals surface area contributed by atoms with E-state index in [0.717, 1.165) is 23.4 Å². The first-order valence-electron chi connectivity index (χ1n) is 11.4. The number of anilines is 1. The normalized spacial score (nSPS) is 19.3. The van der Waals surface area contributed by atoms with Gasteiger partial charge in [-0.2, -0.15) is 26.3 Å². The van der Waals surface area contributed by atoms with Crippen molar-refractivity contribution in [3.63, 3.8) is 0 Å². The van der Waals surface area contributed by atoms with Crippen molar-refractivity contribution in [3.8, 4) is 0 Å². The molecule has 196 valence electrons. The lowest BCUT2D eigenvalue weighted by Gasteiger charge is -2.43. The molecule has 1 heterocycles.